The van der Waals surface area contributed by atoms with Gasteiger partial charge in [-0.05, 0) is 97.5 Å². The quantitative estimate of drug-likeness (QED) is 0.267. The molecule has 6 nitrogen and oxygen atoms in total. The highest BCUT2D eigenvalue weighted by atomic mass is 16.6. The molecule has 1 aromatic rings. The fraction of sp³-hybridized carbons (Fsp3) is 0.577. The SMILES string of the molecule is C[C@]12CC[C@H](O)CC1=CC[C@@H]1[C@@H]2CC[C@]2(C)C(=N/O)/C(=C/c3ccc([N+](=O)[O-])cc3)C[C@@H]12. The molecular formula is C26H32N2O4. The highest BCUT2D eigenvalue weighted by molar-refractivity contribution is 6.09. The third-order valence-corrected chi connectivity index (χ3v) is 9.30. The minimum atomic E-state index is -0.390. The predicted octanol–water partition coefficient (Wildman–Crippen LogP) is 5.74. The van der Waals surface area contributed by atoms with Crippen LogP contribution in [-0.4, -0.2) is 27.1 Å². The van der Waals surface area contributed by atoms with E-state index in [0.717, 1.165) is 61.8 Å². The highest BCUT2D eigenvalue weighted by Crippen LogP contribution is 2.65. The van der Waals surface area contributed by atoms with Gasteiger partial charge in [-0.3, -0.25) is 10.1 Å². The van der Waals surface area contributed by atoms with Crippen molar-refractivity contribution < 1.29 is 15.2 Å². The molecule has 2 N–H and O–H groups in total. The van der Waals surface area contributed by atoms with Crippen LogP contribution in [0.3, 0.4) is 0 Å². The van der Waals surface area contributed by atoms with E-state index in [9.17, 15) is 20.4 Å². The zero-order chi connectivity index (χ0) is 22.7. The minimum absolute atomic E-state index is 0.0775. The van der Waals surface area contributed by atoms with Crippen molar-refractivity contribution in [3.8, 4) is 0 Å². The lowest BCUT2D eigenvalue weighted by molar-refractivity contribution is -0.384. The first-order valence-corrected chi connectivity index (χ1v) is 11.8. The fourth-order valence-electron chi connectivity index (χ4n) is 7.53. The second kappa shape index (κ2) is 7.55. The van der Waals surface area contributed by atoms with E-state index in [1.165, 1.54) is 17.7 Å². The number of fused-ring (bicyclic) bond motifs is 5. The predicted molar refractivity (Wildman–Crippen MR) is 123 cm³/mol. The fourth-order valence-corrected chi connectivity index (χ4v) is 7.53. The molecular weight excluding hydrogens is 404 g/mol. The van der Waals surface area contributed by atoms with Crippen LogP contribution >= 0.6 is 0 Å². The molecule has 3 fully saturated rings. The van der Waals surface area contributed by atoms with Crippen LogP contribution in [-0.2, 0) is 0 Å². The summed E-state index contributed by atoms with van der Waals surface area (Å²) in [5.74, 6) is 1.56. The summed E-state index contributed by atoms with van der Waals surface area (Å²) in [6, 6.07) is 6.57. The van der Waals surface area contributed by atoms with Crippen LogP contribution in [0.5, 0.6) is 0 Å². The number of nitro benzene ring substituents is 1. The maximum Gasteiger partial charge on any atom is 0.269 e. The number of rotatable bonds is 2. The number of nitro groups is 1. The molecule has 0 unspecified atom stereocenters. The number of nitrogens with zero attached hydrogens (tertiary/aromatic N) is 2. The normalized spacial score (nSPS) is 41.0. The van der Waals surface area contributed by atoms with Gasteiger partial charge in [-0.1, -0.05) is 30.7 Å². The first-order chi connectivity index (χ1) is 15.3. The molecule has 6 heteroatoms. The molecule has 5 rings (SSSR count). The zero-order valence-corrected chi connectivity index (χ0v) is 18.8. The molecule has 0 spiro atoms. The second-order valence-electron chi connectivity index (χ2n) is 10.8. The Hall–Kier alpha value is -2.47. The van der Waals surface area contributed by atoms with Crippen molar-refractivity contribution in [3.63, 3.8) is 0 Å². The molecule has 4 aliphatic rings. The topological polar surface area (TPSA) is 96.0 Å². The largest absolute Gasteiger partial charge is 0.411 e. The molecule has 3 saturated carbocycles. The number of hydrogen-bond acceptors (Lipinski definition) is 5. The van der Waals surface area contributed by atoms with Crippen molar-refractivity contribution in [2.45, 2.75) is 64.9 Å². The Bertz CT molecular complexity index is 1030. The molecule has 32 heavy (non-hydrogen) atoms. The molecule has 1 aromatic carbocycles. The molecule has 0 radical (unpaired) electrons. The van der Waals surface area contributed by atoms with Crippen LogP contribution in [0.2, 0.25) is 0 Å². The van der Waals surface area contributed by atoms with Crippen LogP contribution in [0, 0.1) is 38.7 Å². The maximum absolute atomic E-state index is 11.0. The van der Waals surface area contributed by atoms with Gasteiger partial charge in [-0.15, -0.1) is 0 Å². The Labute approximate surface area is 188 Å². The number of hydrogen-bond donors (Lipinski definition) is 2. The Morgan fingerprint density at radius 3 is 2.50 bits per heavy atom. The molecule has 170 valence electrons. The van der Waals surface area contributed by atoms with Gasteiger partial charge in [0, 0.05) is 17.5 Å². The lowest BCUT2D eigenvalue weighted by Gasteiger charge is -2.56. The number of benzene rings is 1. The van der Waals surface area contributed by atoms with Crippen LogP contribution in [0.25, 0.3) is 6.08 Å². The van der Waals surface area contributed by atoms with Gasteiger partial charge in [-0.25, -0.2) is 0 Å². The third kappa shape index (κ3) is 3.14. The number of non-ortho nitro benzene ring substituents is 1. The van der Waals surface area contributed by atoms with Gasteiger partial charge in [0.25, 0.3) is 5.69 Å². The Balaban J connectivity index is 1.48. The molecule has 0 aromatic heterocycles. The number of aliphatic hydroxyl groups is 1. The van der Waals surface area contributed by atoms with Crippen LogP contribution in [0.4, 0.5) is 5.69 Å². The first-order valence-electron chi connectivity index (χ1n) is 11.8. The van der Waals surface area contributed by atoms with E-state index in [2.05, 4.69) is 25.1 Å². The van der Waals surface area contributed by atoms with Gasteiger partial charge in [0.1, 0.15) is 0 Å². The summed E-state index contributed by atoms with van der Waals surface area (Å²) in [6.07, 6.45) is 11.0. The van der Waals surface area contributed by atoms with E-state index in [-0.39, 0.29) is 22.6 Å². The molecule has 0 amide bonds. The molecule has 0 bridgehead atoms. The first kappa shape index (κ1) is 21.4. The molecule has 0 saturated heterocycles. The summed E-state index contributed by atoms with van der Waals surface area (Å²) in [7, 11) is 0. The van der Waals surface area contributed by atoms with Gasteiger partial charge in [0.05, 0.1) is 16.7 Å². The minimum Gasteiger partial charge on any atom is -0.411 e. The Morgan fingerprint density at radius 1 is 1.09 bits per heavy atom. The number of oxime groups is 1. The summed E-state index contributed by atoms with van der Waals surface area (Å²) in [4.78, 5) is 10.6. The van der Waals surface area contributed by atoms with Gasteiger partial charge < -0.3 is 10.3 Å². The zero-order valence-electron chi connectivity index (χ0n) is 18.8. The average Bonchev–Trinajstić information content (AvgIpc) is 3.05. The van der Waals surface area contributed by atoms with E-state index in [1.807, 2.05) is 6.08 Å². The smallest absolute Gasteiger partial charge is 0.269 e. The summed E-state index contributed by atoms with van der Waals surface area (Å²) >= 11 is 0. The Morgan fingerprint density at radius 2 is 1.81 bits per heavy atom. The van der Waals surface area contributed by atoms with Crippen molar-refractivity contribution in [1.82, 2.24) is 0 Å². The van der Waals surface area contributed by atoms with Gasteiger partial charge in [0.2, 0.25) is 0 Å². The Kier molecular flexibility index (Phi) is 5.04. The summed E-state index contributed by atoms with van der Waals surface area (Å²) < 4.78 is 0. The van der Waals surface area contributed by atoms with E-state index in [0.29, 0.717) is 17.8 Å². The second-order valence-corrected chi connectivity index (χ2v) is 10.8. The van der Waals surface area contributed by atoms with Crippen molar-refractivity contribution >= 4 is 17.5 Å². The van der Waals surface area contributed by atoms with E-state index in [1.54, 1.807) is 12.1 Å². The lowest BCUT2D eigenvalue weighted by atomic mass is 9.48. The molecule has 6 atom stereocenters. The third-order valence-electron chi connectivity index (χ3n) is 9.30. The van der Waals surface area contributed by atoms with Crippen molar-refractivity contribution in [1.29, 1.82) is 0 Å². The van der Waals surface area contributed by atoms with Crippen molar-refractivity contribution in [3.05, 3.63) is 57.2 Å². The highest BCUT2D eigenvalue weighted by Gasteiger charge is 2.59. The van der Waals surface area contributed by atoms with E-state index >= 15 is 0 Å². The van der Waals surface area contributed by atoms with Gasteiger partial charge in [-0.2, -0.15) is 0 Å². The van der Waals surface area contributed by atoms with Crippen LogP contribution < -0.4 is 0 Å². The molecule has 0 aliphatic heterocycles. The monoisotopic (exact) mass is 436 g/mol. The molecule has 0 heterocycles. The van der Waals surface area contributed by atoms with E-state index in [4.69, 9.17) is 0 Å². The van der Waals surface area contributed by atoms with Gasteiger partial charge >= 0.3 is 0 Å². The lowest BCUT2D eigenvalue weighted by Crippen LogP contribution is -2.50. The summed E-state index contributed by atoms with van der Waals surface area (Å²) in [5, 5.41) is 35.0. The van der Waals surface area contributed by atoms with Crippen LogP contribution in [0.15, 0.2) is 46.6 Å². The average molecular weight is 437 g/mol. The molecule has 4 aliphatic carbocycles. The van der Waals surface area contributed by atoms with Crippen LogP contribution in [0.1, 0.15) is 64.4 Å². The maximum atomic E-state index is 11.0. The summed E-state index contributed by atoms with van der Waals surface area (Å²) in [5.41, 5.74) is 4.28. The van der Waals surface area contributed by atoms with Crippen molar-refractivity contribution in [2.75, 3.05) is 0 Å². The number of aliphatic hydroxyl groups excluding tert-OH is 1. The number of allylic oxidation sites excluding steroid dienone is 2. The summed E-state index contributed by atoms with van der Waals surface area (Å²) in [6.45, 7) is 4.67. The van der Waals surface area contributed by atoms with Crippen molar-refractivity contribution in [2.24, 2.45) is 33.7 Å². The standard InChI is InChI=1S/C26H32N2O4/c1-25-11-9-20(29)15-18(25)5-8-21-22(25)10-12-26(2)23(21)14-17(24(26)27-30)13-16-3-6-19(7-4-16)28(31)32/h3-7,13,20-23,29-30H,8-12,14-15H2,1-2H3/b17-13+,27-24+/t20-,21+,22-,23-,25-,26-/m0/s1. The van der Waals surface area contributed by atoms with E-state index < -0.39 is 4.92 Å². The van der Waals surface area contributed by atoms with Gasteiger partial charge in [0.15, 0.2) is 0 Å².